The van der Waals surface area contributed by atoms with Crippen molar-refractivity contribution in [3.05, 3.63) is 59.8 Å². The van der Waals surface area contributed by atoms with Crippen molar-refractivity contribution < 1.29 is 14.3 Å². The maximum absolute atomic E-state index is 13.6. The molecule has 0 saturated carbocycles. The first-order chi connectivity index (χ1) is 16.7. The van der Waals surface area contributed by atoms with E-state index in [0.717, 1.165) is 69.1 Å². The number of hydrogen-bond donors (Lipinski definition) is 0. The first kappa shape index (κ1) is 22.8. The van der Waals surface area contributed by atoms with E-state index < -0.39 is 0 Å². The zero-order valence-electron chi connectivity index (χ0n) is 19.9. The summed E-state index contributed by atoms with van der Waals surface area (Å²) in [4.78, 5) is 20.3. The third-order valence-electron chi connectivity index (χ3n) is 6.80. The van der Waals surface area contributed by atoms with Crippen molar-refractivity contribution in [2.24, 2.45) is 0 Å². The van der Waals surface area contributed by atoms with Crippen molar-refractivity contribution in [3.63, 3.8) is 0 Å². The SMILES string of the molecule is COc1cccc2c(C(=O)N3CCN(Cc4ccccc4)CC3)nn(CCN3CCOCC3)c12. The predicted octanol–water partition coefficient (Wildman–Crippen LogP) is 2.34. The lowest BCUT2D eigenvalue weighted by molar-refractivity contribution is 0.0361. The number of benzene rings is 2. The van der Waals surface area contributed by atoms with Gasteiger partial charge in [-0.3, -0.25) is 19.3 Å². The number of amides is 1. The van der Waals surface area contributed by atoms with Gasteiger partial charge in [0.1, 0.15) is 11.3 Å². The van der Waals surface area contributed by atoms with Crippen LogP contribution in [-0.4, -0.2) is 96.5 Å². The summed E-state index contributed by atoms with van der Waals surface area (Å²) in [5, 5.41) is 5.68. The fourth-order valence-corrected chi connectivity index (χ4v) is 4.85. The number of para-hydroxylation sites is 1. The number of ether oxygens (including phenoxy) is 2. The molecule has 2 aromatic carbocycles. The Morgan fingerprint density at radius 2 is 1.68 bits per heavy atom. The van der Waals surface area contributed by atoms with Crippen LogP contribution in [0.3, 0.4) is 0 Å². The van der Waals surface area contributed by atoms with Crippen LogP contribution < -0.4 is 4.74 Å². The van der Waals surface area contributed by atoms with Gasteiger partial charge in [0.2, 0.25) is 0 Å². The smallest absolute Gasteiger partial charge is 0.275 e. The molecule has 0 atom stereocenters. The number of carbonyl (C=O) groups is 1. The quantitative estimate of drug-likeness (QED) is 0.536. The minimum Gasteiger partial charge on any atom is -0.494 e. The van der Waals surface area contributed by atoms with Crippen molar-refractivity contribution in [2.75, 3.05) is 66.1 Å². The van der Waals surface area contributed by atoms with Crippen LogP contribution in [0.5, 0.6) is 5.75 Å². The standard InChI is InChI=1S/C26H33N5O3/c1-33-23-9-5-8-22-24(27-31(25(22)23)15-12-28-16-18-34-19-17-28)26(32)30-13-10-29(11-14-30)20-21-6-3-2-4-7-21/h2-9H,10-20H2,1H3. The molecule has 8 nitrogen and oxygen atoms in total. The van der Waals surface area contributed by atoms with Gasteiger partial charge in [0.25, 0.3) is 5.91 Å². The van der Waals surface area contributed by atoms with Gasteiger partial charge in [0, 0.05) is 57.7 Å². The van der Waals surface area contributed by atoms with E-state index in [1.807, 2.05) is 33.8 Å². The number of morpholine rings is 1. The molecule has 3 aromatic rings. The van der Waals surface area contributed by atoms with Gasteiger partial charge in [-0.1, -0.05) is 42.5 Å². The van der Waals surface area contributed by atoms with Crippen LogP contribution in [0.15, 0.2) is 48.5 Å². The van der Waals surface area contributed by atoms with Gasteiger partial charge in [-0.25, -0.2) is 0 Å². The fraction of sp³-hybridized carbons (Fsp3) is 0.462. The number of nitrogens with zero attached hydrogens (tertiary/aromatic N) is 5. The van der Waals surface area contributed by atoms with E-state index >= 15 is 0 Å². The zero-order chi connectivity index (χ0) is 23.3. The second kappa shape index (κ2) is 10.5. The number of aromatic nitrogens is 2. The second-order valence-electron chi connectivity index (χ2n) is 8.94. The minimum absolute atomic E-state index is 0.00253. The summed E-state index contributed by atoms with van der Waals surface area (Å²) in [6, 6.07) is 16.3. The first-order valence-electron chi connectivity index (χ1n) is 12.1. The lowest BCUT2D eigenvalue weighted by atomic mass is 10.1. The van der Waals surface area contributed by atoms with Crippen LogP contribution >= 0.6 is 0 Å². The maximum Gasteiger partial charge on any atom is 0.275 e. The molecular formula is C26H33N5O3. The average molecular weight is 464 g/mol. The fourth-order valence-electron chi connectivity index (χ4n) is 4.85. The molecule has 34 heavy (non-hydrogen) atoms. The maximum atomic E-state index is 13.6. The van der Waals surface area contributed by atoms with E-state index in [4.69, 9.17) is 14.6 Å². The van der Waals surface area contributed by atoms with Crippen LogP contribution in [0.1, 0.15) is 16.1 Å². The summed E-state index contributed by atoms with van der Waals surface area (Å²) in [5.74, 6) is 0.751. The van der Waals surface area contributed by atoms with Crippen LogP contribution in [0, 0.1) is 0 Å². The lowest BCUT2D eigenvalue weighted by Crippen LogP contribution is -2.48. The first-order valence-corrected chi connectivity index (χ1v) is 12.1. The molecule has 0 radical (unpaired) electrons. The number of hydrogen-bond acceptors (Lipinski definition) is 6. The highest BCUT2D eigenvalue weighted by Gasteiger charge is 2.27. The molecule has 0 aliphatic carbocycles. The second-order valence-corrected chi connectivity index (χ2v) is 8.94. The van der Waals surface area contributed by atoms with Crippen LogP contribution in [0.4, 0.5) is 0 Å². The van der Waals surface area contributed by atoms with Gasteiger partial charge in [0.15, 0.2) is 5.69 Å². The summed E-state index contributed by atoms with van der Waals surface area (Å²) in [6.07, 6.45) is 0. The summed E-state index contributed by atoms with van der Waals surface area (Å²) < 4.78 is 13.1. The van der Waals surface area contributed by atoms with Gasteiger partial charge in [-0.05, 0) is 11.6 Å². The summed E-state index contributed by atoms with van der Waals surface area (Å²) >= 11 is 0. The Kier molecular flexibility index (Phi) is 7.08. The van der Waals surface area contributed by atoms with Gasteiger partial charge in [0.05, 0.1) is 26.9 Å². The number of rotatable bonds is 7. The monoisotopic (exact) mass is 463 g/mol. The number of piperazine rings is 1. The molecule has 2 aliphatic rings. The molecule has 3 heterocycles. The minimum atomic E-state index is 0.00253. The molecule has 1 aromatic heterocycles. The number of fused-ring (bicyclic) bond motifs is 1. The van der Waals surface area contributed by atoms with E-state index in [1.165, 1.54) is 5.56 Å². The van der Waals surface area contributed by atoms with E-state index in [1.54, 1.807) is 7.11 Å². The largest absolute Gasteiger partial charge is 0.494 e. The molecule has 0 spiro atoms. The Bertz CT molecular complexity index is 1100. The molecule has 0 unspecified atom stereocenters. The van der Waals surface area contributed by atoms with Crippen LogP contribution in [0.2, 0.25) is 0 Å². The van der Waals surface area contributed by atoms with Gasteiger partial charge in [-0.2, -0.15) is 5.10 Å². The third-order valence-corrected chi connectivity index (χ3v) is 6.80. The van der Waals surface area contributed by atoms with E-state index in [2.05, 4.69) is 34.1 Å². The van der Waals surface area contributed by atoms with Crippen molar-refractivity contribution in [2.45, 2.75) is 13.1 Å². The van der Waals surface area contributed by atoms with Crippen LogP contribution in [-0.2, 0) is 17.8 Å². The molecule has 2 saturated heterocycles. The topological polar surface area (TPSA) is 63.1 Å². The lowest BCUT2D eigenvalue weighted by Gasteiger charge is -2.34. The summed E-state index contributed by atoms with van der Waals surface area (Å²) in [6.45, 7) is 9.00. The zero-order valence-corrected chi connectivity index (χ0v) is 19.9. The van der Waals surface area contributed by atoms with Crippen molar-refractivity contribution in [3.8, 4) is 5.75 Å². The highest BCUT2D eigenvalue weighted by atomic mass is 16.5. The number of carbonyl (C=O) groups excluding carboxylic acids is 1. The van der Waals surface area contributed by atoms with E-state index in [0.29, 0.717) is 25.3 Å². The molecule has 8 heteroatoms. The van der Waals surface area contributed by atoms with E-state index in [-0.39, 0.29) is 5.91 Å². The van der Waals surface area contributed by atoms with Crippen LogP contribution in [0.25, 0.3) is 10.9 Å². The molecule has 5 rings (SSSR count). The Morgan fingerprint density at radius 1 is 0.912 bits per heavy atom. The Balaban J connectivity index is 1.31. The Hall–Kier alpha value is -2.94. The average Bonchev–Trinajstić information content (AvgIpc) is 3.27. The molecule has 1 amide bonds. The van der Waals surface area contributed by atoms with Crippen molar-refractivity contribution in [1.82, 2.24) is 24.5 Å². The molecule has 2 aliphatic heterocycles. The van der Waals surface area contributed by atoms with Gasteiger partial charge in [-0.15, -0.1) is 0 Å². The summed E-state index contributed by atoms with van der Waals surface area (Å²) in [7, 11) is 1.67. The molecule has 0 N–H and O–H groups in total. The highest BCUT2D eigenvalue weighted by molar-refractivity contribution is 6.06. The summed E-state index contributed by atoms with van der Waals surface area (Å²) in [5.41, 5.74) is 2.72. The highest BCUT2D eigenvalue weighted by Crippen LogP contribution is 2.29. The van der Waals surface area contributed by atoms with Gasteiger partial charge < -0.3 is 14.4 Å². The Morgan fingerprint density at radius 3 is 2.41 bits per heavy atom. The molecular weight excluding hydrogens is 430 g/mol. The Labute approximate surface area is 200 Å². The molecule has 0 bridgehead atoms. The molecule has 2 fully saturated rings. The molecule has 180 valence electrons. The van der Waals surface area contributed by atoms with Gasteiger partial charge >= 0.3 is 0 Å². The van der Waals surface area contributed by atoms with E-state index in [9.17, 15) is 4.79 Å². The predicted molar refractivity (Wildman–Crippen MR) is 131 cm³/mol. The normalized spacial score (nSPS) is 17.9. The number of methoxy groups -OCH3 is 1. The van der Waals surface area contributed by atoms with Crippen molar-refractivity contribution >= 4 is 16.8 Å². The third kappa shape index (κ3) is 4.94. The van der Waals surface area contributed by atoms with Crippen molar-refractivity contribution in [1.29, 1.82) is 0 Å².